The molecule has 2 fully saturated rings. The van der Waals surface area contributed by atoms with Crippen LogP contribution in [0.2, 0.25) is 0 Å². The fourth-order valence-electron chi connectivity index (χ4n) is 3.81. The van der Waals surface area contributed by atoms with Crippen LogP contribution in [0.5, 0.6) is 0 Å². The molecule has 1 atom stereocenters. The summed E-state index contributed by atoms with van der Waals surface area (Å²) in [5.74, 6) is 6.91. The van der Waals surface area contributed by atoms with Crippen molar-refractivity contribution in [2.75, 3.05) is 23.3 Å². The first-order valence-corrected chi connectivity index (χ1v) is 11.1. The molecule has 1 saturated carbocycles. The number of fused-ring (bicyclic) bond motifs is 1. The number of nitrogens with zero attached hydrogens (tertiary/aromatic N) is 4. The lowest BCUT2D eigenvalue weighted by Gasteiger charge is -2.31. The largest absolute Gasteiger partial charge is 0.310 e. The fraction of sp³-hybridized carbons (Fsp3) is 0.320. The number of carbonyl (C=O) groups excluding carboxylic acids is 2. The Morgan fingerprint density at radius 3 is 2.73 bits per heavy atom. The Labute approximate surface area is 191 Å². The van der Waals surface area contributed by atoms with Crippen molar-refractivity contribution in [3.8, 4) is 11.8 Å². The summed E-state index contributed by atoms with van der Waals surface area (Å²) in [7, 11) is 0. The number of hydrogen-bond acceptors (Lipinski definition) is 6. The first-order chi connectivity index (χ1) is 16.0. The van der Waals surface area contributed by atoms with E-state index in [0.717, 1.165) is 40.6 Å². The summed E-state index contributed by atoms with van der Waals surface area (Å²) in [6.07, 6.45) is 7.01. The van der Waals surface area contributed by atoms with E-state index in [2.05, 4.69) is 37.4 Å². The van der Waals surface area contributed by atoms with Crippen LogP contribution in [-0.4, -0.2) is 45.9 Å². The van der Waals surface area contributed by atoms with Gasteiger partial charge in [-0.15, -0.1) is 0 Å². The molecule has 2 N–H and O–H groups in total. The molecule has 4 heterocycles. The number of nitrogens with one attached hydrogen (secondary N) is 2. The van der Waals surface area contributed by atoms with Gasteiger partial charge in [-0.1, -0.05) is 5.92 Å². The molecule has 1 aliphatic heterocycles. The molecule has 0 unspecified atom stereocenters. The SMILES string of the molecule is Cc1ncc(C#Cc2ccc(N3C[C@H](C)NCC3=O)cn2)c2cc(NC(=O)C3CC3)ncc12. The van der Waals surface area contributed by atoms with Crippen LogP contribution in [0.4, 0.5) is 11.5 Å². The molecule has 3 aromatic rings. The summed E-state index contributed by atoms with van der Waals surface area (Å²) in [5, 5.41) is 7.82. The highest BCUT2D eigenvalue weighted by atomic mass is 16.2. The zero-order chi connectivity index (χ0) is 22.9. The van der Waals surface area contributed by atoms with Crippen LogP contribution in [0.25, 0.3) is 10.8 Å². The summed E-state index contributed by atoms with van der Waals surface area (Å²) in [5.41, 5.74) is 2.94. The predicted molar refractivity (Wildman–Crippen MR) is 126 cm³/mol. The first-order valence-electron chi connectivity index (χ1n) is 11.1. The van der Waals surface area contributed by atoms with E-state index in [1.54, 1.807) is 23.5 Å². The summed E-state index contributed by atoms with van der Waals surface area (Å²) in [6, 6.07) is 5.77. The molecule has 8 nitrogen and oxygen atoms in total. The van der Waals surface area contributed by atoms with Crippen molar-refractivity contribution < 1.29 is 9.59 Å². The summed E-state index contributed by atoms with van der Waals surface area (Å²) < 4.78 is 0. The Bertz CT molecular complexity index is 1300. The van der Waals surface area contributed by atoms with Crippen LogP contribution in [0, 0.1) is 24.7 Å². The van der Waals surface area contributed by atoms with Crippen molar-refractivity contribution in [3.63, 3.8) is 0 Å². The molecule has 0 spiro atoms. The molecule has 5 rings (SSSR count). The van der Waals surface area contributed by atoms with E-state index in [1.807, 2.05) is 32.0 Å². The lowest BCUT2D eigenvalue weighted by Crippen LogP contribution is -2.53. The van der Waals surface area contributed by atoms with Crippen LogP contribution in [-0.2, 0) is 9.59 Å². The number of carbonyl (C=O) groups is 2. The second-order valence-electron chi connectivity index (χ2n) is 8.57. The van der Waals surface area contributed by atoms with Gasteiger partial charge < -0.3 is 15.5 Å². The third-order valence-corrected chi connectivity index (χ3v) is 5.91. The van der Waals surface area contributed by atoms with Crippen molar-refractivity contribution in [1.29, 1.82) is 0 Å². The highest BCUT2D eigenvalue weighted by Crippen LogP contribution is 2.30. The van der Waals surface area contributed by atoms with Crippen LogP contribution in [0.15, 0.2) is 36.8 Å². The van der Waals surface area contributed by atoms with Gasteiger partial charge in [-0.25, -0.2) is 9.97 Å². The third-order valence-electron chi connectivity index (χ3n) is 5.91. The van der Waals surface area contributed by atoms with Crippen LogP contribution in [0.1, 0.15) is 36.7 Å². The number of pyridine rings is 3. The molecule has 0 radical (unpaired) electrons. The highest BCUT2D eigenvalue weighted by Gasteiger charge is 2.29. The van der Waals surface area contributed by atoms with Gasteiger partial charge in [-0.3, -0.25) is 14.6 Å². The van der Waals surface area contributed by atoms with E-state index in [9.17, 15) is 9.59 Å². The number of aromatic nitrogens is 3. The molecule has 3 aromatic heterocycles. The van der Waals surface area contributed by atoms with Crippen LogP contribution in [0.3, 0.4) is 0 Å². The molecular weight excluding hydrogens is 416 g/mol. The Balaban J connectivity index is 1.41. The van der Waals surface area contributed by atoms with Crippen LogP contribution >= 0.6 is 0 Å². The van der Waals surface area contributed by atoms with Gasteiger partial charge in [0.2, 0.25) is 11.8 Å². The third kappa shape index (κ3) is 4.54. The zero-order valence-electron chi connectivity index (χ0n) is 18.6. The summed E-state index contributed by atoms with van der Waals surface area (Å²) >= 11 is 0. The second-order valence-corrected chi connectivity index (χ2v) is 8.57. The van der Waals surface area contributed by atoms with Crippen molar-refractivity contribution in [2.24, 2.45) is 5.92 Å². The topological polar surface area (TPSA) is 100 Å². The zero-order valence-corrected chi connectivity index (χ0v) is 18.6. The minimum absolute atomic E-state index is 0.0157. The molecule has 33 heavy (non-hydrogen) atoms. The monoisotopic (exact) mass is 440 g/mol. The highest BCUT2D eigenvalue weighted by molar-refractivity contribution is 5.97. The van der Waals surface area contributed by atoms with E-state index in [4.69, 9.17) is 0 Å². The summed E-state index contributed by atoms with van der Waals surface area (Å²) in [6.45, 7) is 4.90. The molecular formula is C25H24N6O2. The molecule has 166 valence electrons. The average Bonchev–Trinajstić information content (AvgIpc) is 3.66. The predicted octanol–water partition coefficient (Wildman–Crippen LogP) is 2.41. The minimum Gasteiger partial charge on any atom is -0.310 e. The quantitative estimate of drug-likeness (QED) is 0.607. The van der Waals surface area contributed by atoms with Crippen molar-refractivity contribution >= 4 is 34.1 Å². The van der Waals surface area contributed by atoms with E-state index in [-0.39, 0.29) is 23.8 Å². The number of hydrogen-bond donors (Lipinski definition) is 2. The number of anilines is 2. The molecule has 8 heteroatoms. The van der Waals surface area contributed by atoms with E-state index in [1.165, 1.54) is 0 Å². The molecule has 0 bridgehead atoms. The maximum atomic E-state index is 12.2. The standard InChI is InChI=1S/C25H24N6O2/c1-15-14-31(24(32)13-26-15)20-8-7-19(28-11-20)6-5-18-10-27-16(2)22-12-29-23(9-21(18)22)30-25(33)17-3-4-17/h7-12,15,17,26H,3-4,13-14H2,1-2H3,(H,29,30,33)/t15-/m0/s1. The van der Waals surface area contributed by atoms with Gasteiger partial charge in [0.05, 0.1) is 24.0 Å². The van der Waals surface area contributed by atoms with Gasteiger partial charge >= 0.3 is 0 Å². The van der Waals surface area contributed by atoms with Gasteiger partial charge in [-0.2, -0.15) is 0 Å². The van der Waals surface area contributed by atoms with Gasteiger partial charge in [0.25, 0.3) is 0 Å². The minimum atomic E-state index is 0.0157. The lowest BCUT2D eigenvalue weighted by atomic mass is 10.1. The van der Waals surface area contributed by atoms with Gasteiger partial charge in [0.15, 0.2) is 0 Å². The molecule has 0 aromatic carbocycles. The molecule has 2 amide bonds. The smallest absolute Gasteiger partial charge is 0.241 e. The van der Waals surface area contributed by atoms with Crippen molar-refractivity contribution in [3.05, 3.63) is 53.7 Å². The average molecular weight is 441 g/mol. The maximum absolute atomic E-state index is 12.2. The number of aryl methyl sites for hydroxylation is 1. The van der Waals surface area contributed by atoms with Gasteiger partial charge in [0.1, 0.15) is 11.5 Å². The van der Waals surface area contributed by atoms with Crippen molar-refractivity contribution in [1.82, 2.24) is 20.3 Å². The second kappa shape index (κ2) is 8.60. The lowest BCUT2D eigenvalue weighted by molar-refractivity contribution is -0.119. The van der Waals surface area contributed by atoms with E-state index >= 15 is 0 Å². The first kappa shape index (κ1) is 21.0. The van der Waals surface area contributed by atoms with E-state index < -0.39 is 0 Å². The Morgan fingerprint density at radius 1 is 1.12 bits per heavy atom. The number of rotatable bonds is 3. The van der Waals surface area contributed by atoms with Crippen LogP contribution < -0.4 is 15.5 Å². The van der Waals surface area contributed by atoms with Gasteiger partial charge in [-0.05, 0) is 50.8 Å². The Kier molecular flexibility index (Phi) is 5.48. The maximum Gasteiger partial charge on any atom is 0.241 e. The summed E-state index contributed by atoms with van der Waals surface area (Å²) in [4.78, 5) is 39.3. The molecule has 1 aliphatic carbocycles. The Morgan fingerprint density at radius 2 is 1.97 bits per heavy atom. The fourth-order valence-corrected chi connectivity index (χ4v) is 3.81. The number of piperazine rings is 1. The van der Waals surface area contributed by atoms with Gasteiger partial charge in [0, 0.05) is 47.4 Å². The molecule has 2 aliphatic rings. The normalized spacial score (nSPS) is 18.1. The number of amides is 2. The molecule has 1 saturated heterocycles. The Hall–Kier alpha value is -3.83. The van der Waals surface area contributed by atoms with Crippen molar-refractivity contribution in [2.45, 2.75) is 32.7 Å². The van der Waals surface area contributed by atoms with E-state index in [0.29, 0.717) is 24.6 Å².